The van der Waals surface area contributed by atoms with Crippen molar-refractivity contribution < 1.29 is 13.9 Å². The minimum atomic E-state index is -0.241. The molecule has 0 atom stereocenters. The van der Waals surface area contributed by atoms with Crippen molar-refractivity contribution >= 4 is 5.96 Å². The molecule has 2 aromatic carbocycles. The summed E-state index contributed by atoms with van der Waals surface area (Å²) in [4.78, 5) is 4.19. The summed E-state index contributed by atoms with van der Waals surface area (Å²) in [6.07, 6.45) is 0.888. The summed E-state index contributed by atoms with van der Waals surface area (Å²) >= 11 is 0. The molecule has 0 radical (unpaired) electrons. The number of ether oxygens (including phenoxy) is 2. The zero-order chi connectivity index (χ0) is 17.5. The Bertz CT molecular complexity index is 749. The number of hydrogen-bond donors (Lipinski definition) is 2. The van der Waals surface area contributed by atoms with Gasteiger partial charge in [0.05, 0.1) is 13.2 Å². The number of guanidine groups is 1. The number of nitrogens with zero attached hydrogens (tertiary/aromatic N) is 1. The van der Waals surface area contributed by atoms with E-state index in [-0.39, 0.29) is 5.82 Å². The molecule has 132 valence electrons. The van der Waals surface area contributed by atoms with Crippen LogP contribution in [0.2, 0.25) is 0 Å². The third-order valence-corrected chi connectivity index (χ3v) is 3.84. The highest BCUT2D eigenvalue weighted by atomic mass is 19.1. The summed E-state index contributed by atoms with van der Waals surface area (Å²) < 4.78 is 24.6. The molecule has 0 unspecified atom stereocenters. The average Bonchev–Trinajstić information content (AvgIpc) is 2.87. The van der Waals surface area contributed by atoms with Crippen molar-refractivity contribution in [1.29, 1.82) is 0 Å². The predicted octanol–water partition coefficient (Wildman–Crippen LogP) is 2.85. The molecule has 0 aliphatic carbocycles. The Kier molecular flexibility index (Phi) is 5.72. The maximum absolute atomic E-state index is 13.2. The molecule has 1 aliphatic rings. The molecule has 25 heavy (non-hydrogen) atoms. The van der Waals surface area contributed by atoms with Gasteiger partial charge in [0.1, 0.15) is 5.82 Å². The van der Waals surface area contributed by atoms with Crippen molar-refractivity contribution in [2.75, 3.05) is 20.3 Å². The molecule has 0 amide bonds. The first kappa shape index (κ1) is 17.1. The van der Waals surface area contributed by atoms with Crippen molar-refractivity contribution in [1.82, 2.24) is 10.6 Å². The first-order valence-electron chi connectivity index (χ1n) is 8.32. The number of hydrogen-bond acceptors (Lipinski definition) is 3. The van der Waals surface area contributed by atoms with E-state index in [9.17, 15) is 4.39 Å². The number of rotatable bonds is 4. The maximum atomic E-state index is 13.2. The monoisotopic (exact) mass is 343 g/mol. The molecule has 5 nitrogen and oxygen atoms in total. The Hall–Kier alpha value is -2.76. The van der Waals surface area contributed by atoms with E-state index in [1.807, 2.05) is 24.3 Å². The summed E-state index contributed by atoms with van der Waals surface area (Å²) in [5, 5.41) is 6.41. The minimum Gasteiger partial charge on any atom is -0.490 e. The number of aliphatic imine (C=N–C) groups is 1. The van der Waals surface area contributed by atoms with Gasteiger partial charge in [-0.05, 0) is 35.4 Å². The fourth-order valence-electron chi connectivity index (χ4n) is 2.56. The van der Waals surface area contributed by atoms with Crippen LogP contribution < -0.4 is 20.1 Å². The minimum absolute atomic E-state index is 0.241. The summed E-state index contributed by atoms with van der Waals surface area (Å²) in [5.74, 6) is 1.97. The summed E-state index contributed by atoms with van der Waals surface area (Å²) in [5.41, 5.74) is 1.93. The fourth-order valence-corrected chi connectivity index (χ4v) is 2.56. The zero-order valence-electron chi connectivity index (χ0n) is 14.2. The lowest BCUT2D eigenvalue weighted by atomic mass is 10.2. The maximum Gasteiger partial charge on any atom is 0.191 e. The van der Waals surface area contributed by atoms with Gasteiger partial charge in [-0.1, -0.05) is 18.2 Å². The molecule has 0 aromatic heterocycles. The van der Waals surface area contributed by atoms with Gasteiger partial charge in [-0.25, -0.2) is 4.39 Å². The van der Waals surface area contributed by atoms with Crippen LogP contribution in [-0.2, 0) is 13.1 Å². The Morgan fingerprint density at radius 1 is 1.00 bits per heavy atom. The van der Waals surface area contributed by atoms with Crippen LogP contribution in [-0.4, -0.2) is 26.2 Å². The topological polar surface area (TPSA) is 54.9 Å². The molecule has 0 bridgehead atoms. The van der Waals surface area contributed by atoms with Gasteiger partial charge in [0, 0.05) is 26.6 Å². The van der Waals surface area contributed by atoms with Crippen LogP contribution in [0.25, 0.3) is 0 Å². The molecule has 2 aromatic rings. The first-order valence-corrected chi connectivity index (χ1v) is 8.32. The predicted molar refractivity (Wildman–Crippen MR) is 95.5 cm³/mol. The van der Waals surface area contributed by atoms with Crippen LogP contribution in [0.3, 0.4) is 0 Å². The molecular weight excluding hydrogens is 321 g/mol. The van der Waals surface area contributed by atoms with Gasteiger partial charge in [-0.3, -0.25) is 4.99 Å². The number of fused-ring (bicyclic) bond motifs is 1. The molecule has 1 aliphatic heterocycles. The van der Waals surface area contributed by atoms with E-state index in [1.165, 1.54) is 12.1 Å². The molecule has 0 saturated heterocycles. The van der Waals surface area contributed by atoms with Crippen LogP contribution in [0.4, 0.5) is 4.39 Å². The smallest absolute Gasteiger partial charge is 0.191 e. The van der Waals surface area contributed by atoms with Gasteiger partial charge in [0.15, 0.2) is 17.5 Å². The first-order chi connectivity index (χ1) is 12.2. The van der Waals surface area contributed by atoms with E-state index in [2.05, 4.69) is 15.6 Å². The summed E-state index contributed by atoms with van der Waals surface area (Å²) in [7, 11) is 1.70. The van der Waals surface area contributed by atoms with Crippen molar-refractivity contribution in [3.8, 4) is 11.5 Å². The second-order valence-electron chi connectivity index (χ2n) is 5.74. The lowest BCUT2D eigenvalue weighted by Crippen LogP contribution is -2.36. The van der Waals surface area contributed by atoms with Crippen molar-refractivity contribution in [2.45, 2.75) is 19.5 Å². The highest BCUT2D eigenvalue weighted by Crippen LogP contribution is 2.30. The molecule has 1 heterocycles. The zero-order valence-corrected chi connectivity index (χ0v) is 14.2. The molecule has 6 heteroatoms. The summed E-state index contributed by atoms with van der Waals surface area (Å²) in [6, 6.07) is 12.4. The van der Waals surface area contributed by atoms with Gasteiger partial charge < -0.3 is 20.1 Å². The number of benzene rings is 2. The van der Waals surface area contributed by atoms with Crippen LogP contribution >= 0.6 is 0 Å². The Morgan fingerprint density at radius 3 is 2.44 bits per heavy atom. The van der Waals surface area contributed by atoms with E-state index < -0.39 is 0 Å². The number of halogens is 1. The fraction of sp³-hybridized carbons (Fsp3) is 0.316. The molecule has 3 rings (SSSR count). The van der Waals surface area contributed by atoms with Gasteiger partial charge in [-0.2, -0.15) is 0 Å². The van der Waals surface area contributed by atoms with Gasteiger partial charge in [-0.15, -0.1) is 0 Å². The van der Waals surface area contributed by atoms with Crippen LogP contribution in [0, 0.1) is 5.82 Å². The van der Waals surface area contributed by atoms with Crippen molar-refractivity contribution in [3.63, 3.8) is 0 Å². The van der Waals surface area contributed by atoms with E-state index in [4.69, 9.17) is 9.47 Å². The molecule has 2 N–H and O–H groups in total. The molecular formula is C19H22FN3O2. The van der Waals surface area contributed by atoms with Gasteiger partial charge in [0.25, 0.3) is 0 Å². The molecule has 0 saturated carbocycles. The Morgan fingerprint density at radius 2 is 1.72 bits per heavy atom. The molecule has 0 spiro atoms. The lowest BCUT2D eigenvalue weighted by molar-refractivity contribution is 0.297. The van der Waals surface area contributed by atoms with Gasteiger partial charge in [0.2, 0.25) is 0 Å². The SMILES string of the molecule is CN=C(NCc1cccc(F)c1)NCc1ccc2c(c1)OCCCO2. The highest BCUT2D eigenvalue weighted by molar-refractivity contribution is 5.79. The lowest BCUT2D eigenvalue weighted by Gasteiger charge is -2.13. The number of nitrogens with one attached hydrogen (secondary N) is 2. The van der Waals surface area contributed by atoms with Crippen LogP contribution in [0.5, 0.6) is 11.5 Å². The Labute approximate surface area is 146 Å². The highest BCUT2D eigenvalue weighted by Gasteiger charge is 2.10. The van der Waals surface area contributed by atoms with Crippen molar-refractivity contribution in [3.05, 3.63) is 59.4 Å². The third-order valence-electron chi connectivity index (χ3n) is 3.84. The van der Waals surface area contributed by atoms with E-state index in [1.54, 1.807) is 13.1 Å². The van der Waals surface area contributed by atoms with E-state index in [0.717, 1.165) is 29.0 Å². The third kappa shape index (κ3) is 4.86. The van der Waals surface area contributed by atoms with Crippen molar-refractivity contribution in [2.24, 2.45) is 4.99 Å². The Balaban J connectivity index is 1.55. The van der Waals surface area contributed by atoms with E-state index in [0.29, 0.717) is 32.3 Å². The largest absolute Gasteiger partial charge is 0.490 e. The second-order valence-corrected chi connectivity index (χ2v) is 5.74. The van der Waals surface area contributed by atoms with Crippen LogP contribution in [0.1, 0.15) is 17.5 Å². The summed E-state index contributed by atoms with van der Waals surface area (Å²) in [6.45, 7) is 2.44. The average molecular weight is 343 g/mol. The standard InChI is InChI=1S/C19H22FN3O2/c1-21-19(22-12-14-4-2-5-16(20)10-14)23-13-15-6-7-17-18(11-15)25-9-3-8-24-17/h2,4-7,10-11H,3,8-9,12-13H2,1H3,(H2,21,22,23). The molecule has 0 fully saturated rings. The van der Waals surface area contributed by atoms with Gasteiger partial charge >= 0.3 is 0 Å². The van der Waals surface area contributed by atoms with E-state index >= 15 is 0 Å². The second kappa shape index (κ2) is 8.37. The van der Waals surface area contributed by atoms with Crippen LogP contribution in [0.15, 0.2) is 47.5 Å². The quantitative estimate of drug-likeness (QED) is 0.662. The normalized spacial score (nSPS) is 13.9.